The lowest BCUT2D eigenvalue weighted by Crippen LogP contribution is -2.44. The second kappa shape index (κ2) is 9.36. The number of nitrogens with two attached hydrogens (primary N) is 1. The first-order chi connectivity index (χ1) is 10.1. The summed E-state index contributed by atoms with van der Waals surface area (Å²) in [7, 11) is 0. The van der Waals surface area contributed by atoms with E-state index in [1.807, 2.05) is 11.8 Å². The van der Waals surface area contributed by atoms with Gasteiger partial charge in [-0.05, 0) is 32.6 Å². The van der Waals surface area contributed by atoms with Crippen LogP contribution in [0.4, 0.5) is 0 Å². The van der Waals surface area contributed by atoms with E-state index in [2.05, 4.69) is 5.32 Å². The van der Waals surface area contributed by atoms with Gasteiger partial charge in [0.15, 0.2) is 0 Å². The Hall–Kier alpha value is -0.810. The van der Waals surface area contributed by atoms with Crippen molar-refractivity contribution in [2.75, 3.05) is 13.1 Å². The smallest absolute Gasteiger partial charge is 0.224 e. The largest absolute Gasteiger partial charge is 0.353 e. The van der Waals surface area contributed by atoms with Gasteiger partial charge < -0.3 is 16.0 Å². The Labute approximate surface area is 139 Å². The molecule has 128 valence electrons. The maximum atomic E-state index is 12.3. The number of rotatable bonds is 5. The average molecular weight is 332 g/mol. The van der Waals surface area contributed by atoms with Gasteiger partial charge in [0.05, 0.1) is 0 Å². The third kappa shape index (κ3) is 5.13. The molecule has 0 aromatic heterocycles. The fourth-order valence-electron chi connectivity index (χ4n) is 3.56. The summed E-state index contributed by atoms with van der Waals surface area (Å²) in [5.41, 5.74) is 5.71. The number of halogens is 1. The monoisotopic (exact) mass is 331 g/mol. The molecule has 0 aromatic rings. The van der Waals surface area contributed by atoms with E-state index in [9.17, 15) is 9.59 Å². The van der Waals surface area contributed by atoms with Gasteiger partial charge >= 0.3 is 0 Å². The van der Waals surface area contributed by atoms with Gasteiger partial charge in [-0.25, -0.2) is 0 Å². The van der Waals surface area contributed by atoms with E-state index in [1.165, 1.54) is 6.42 Å². The Morgan fingerprint density at radius 1 is 1.18 bits per heavy atom. The highest BCUT2D eigenvalue weighted by atomic mass is 35.5. The lowest BCUT2D eigenvalue weighted by molar-refractivity contribution is -0.132. The van der Waals surface area contributed by atoms with Gasteiger partial charge in [-0.15, -0.1) is 12.4 Å². The highest BCUT2D eigenvalue weighted by Gasteiger charge is 2.29. The average Bonchev–Trinajstić information content (AvgIpc) is 2.96. The first kappa shape index (κ1) is 19.2. The van der Waals surface area contributed by atoms with Crippen LogP contribution in [0.3, 0.4) is 0 Å². The molecule has 2 unspecified atom stereocenters. The van der Waals surface area contributed by atoms with Crippen molar-refractivity contribution in [3.05, 3.63) is 0 Å². The van der Waals surface area contributed by atoms with Crippen LogP contribution < -0.4 is 11.1 Å². The molecule has 1 heterocycles. The summed E-state index contributed by atoms with van der Waals surface area (Å²) in [4.78, 5) is 26.4. The number of hydrogen-bond donors (Lipinski definition) is 2. The zero-order valence-corrected chi connectivity index (χ0v) is 14.4. The van der Waals surface area contributed by atoms with Crippen molar-refractivity contribution < 1.29 is 9.59 Å². The van der Waals surface area contributed by atoms with Crippen molar-refractivity contribution in [2.24, 2.45) is 11.7 Å². The van der Waals surface area contributed by atoms with Gasteiger partial charge in [-0.2, -0.15) is 0 Å². The molecule has 2 fully saturated rings. The molecule has 2 aliphatic rings. The number of amides is 2. The molecular formula is C16H30ClN3O2. The fraction of sp³-hybridized carbons (Fsp3) is 0.875. The lowest BCUT2D eigenvalue weighted by Gasteiger charge is -2.26. The summed E-state index contributed by atoms with van der Waals surface area (Å²) in [6, 6.07) is 0.102. The highest BCUT2D eigenvalue weighted by Crippen LogP contribution is 2.24. The molecular weight excluding hydrogens is 302 g/mol. The van der Waals surface area contributed by atoms with Crippen LogP contribution in [0.1, 0.15) is 58.3 Å². The van der Waals surface area contributed by atoms with Crippen molar-refractivity contribution in [3.63, 3.8) is 0 Å². The maximum Gasteiger partial charge on any atom is 0.224 e. The van der Waals surface area contributed by atoms with E-state index in [1.54, 1.807) is 0 Å². The number of likely N-dealkylation sites (tertiary alicyclic amines) is 1. The molecule has 2 atom stereocenters. The van der Waals surface area contributed by atoms with Crippen molar-refractivity contribution in [1.29, 1.82) is 0 Å². The molecule has 0 spiro atoms. The van der Waals surface area contributed by atoms with Crippen LogP contribution in [0.15, 0.2) is 0 Å². The molecule has 2 amide bonds. The van der Waals surface area contributed by atoms with Gasteiger partial charge in [0.25, 0.3) is 0 Å². The van der Waals surface area contributed by atoms with Crippen molar-refractivity contribution in [2.45, 2.75) is 70.4 Å². The number of carbonyl (C=O) groups excluding carboxylic acids is 2. The Balaban J connectivity index is 0.00000242. The van der Waals surface area contributed by atoms with Crippen LogP contribution >= 0.6 is 12.4 Å². The summed E-state index contributed by atoms with van der Waals surface area (Å²) < 4.78 is 0. The molecule has 2 rings (SSSR count). The van der Waals surface area contributed by atoms with Crippen LogP contribution in [0.5, 0.6) is 0 Å². The summed E-state index contributed by atoms with van der Waals surface area (Å²) in [6.07, 6.45) is 7.96. The van der Waals surface area contributed by atoms with Gasteiger partial charge in [-0.1, -0.05) is 19.3 Å². The Morgan fingerprint density at radius 2 is 1.86 bits per heavy atom. The van der Waals surface area contributed by atoms with Crippen molar-refractivity contribution >= 4 is 24.2 Å². The molecule has 3 N–H and O–H groups in total. The lowest BCUT2D eigenvalue weighted by atomic mass is 9.88. The summed E-state index contributed by atoms with van der Waals surface area (Å²) in [6.45, 7) is 3.27. The zero-order chi connectivity index (χ0) is 15.2. The number of nitrogens with zero attached hydrogens (tertiary/aromatic N) is 1. The van der Waals surface area contributed by atoms with Crippen LogP contribution in [0.2, 0.25) is 0 Å². The fourth-order valence-corrected chi connectivity index (χ4v) is 3.56. The predicted octanol–water partition coefficient (Wildman–Crippen LogP) is 1.83. The zero-order valence-electron chi connectivity index (χ0n) is 13.6. The van der Waals surface area contributed by atoms with Crippen LogP contribution in [0, 0.1) is 5.92 Å². The number of nitrogens with one attached hydrogen (secondary N) is 1. The van der Waals surface area contributed by atoms with Crippen LogP contribution in [0.25, 0.3) is 0 Å². The van der Waals surface area contributed by atoms with Gasteiger partial charge in [0.1, 0.15) is 0 Å². The van der Waals surface area contributed by atoms with E-state index in [-0.39, 0.29) is 42.2 Å². The maximum absolute atomic E-state index is 12.3. The summed E-state index contributed by atoms with van der Waals surface area (Å²) >= 11 is 0. The van der Waals surface area contributed by atoms with E-state index in [0.29, 0.717) is 13.0 Å². The van der Waals surface area contributed by atoms with Gasteiger partial charge in [0, 0.05) is 37.5 Å². The Morgan fingerprint density at radius 3 is 2.50 bits per heavy atom. The standard InChI is InChI=1S/C16H29N3O2.ClH/c1-12(18-16(21)13-6-3-2-4-7-13)10-15(20)19-9-5-8-14(19)11-17;/h12-14H,2-11,17H2,1H3,(H,18,21);1H. The second-order valence-electron chi connectivity index (χ2n) is 6.57. The van der Waals surface area contributed by atoms with Crippen LogP contribution in [-0.2, 0) is 9.59 Å². The minimum Gasteiger partial charge on any atom is -0.353 e. The van der Waals surface area contributed by atoms with Crippen molar-refractivity contribution in [3.8, 4) is 0 Å². The molecule has 1 aliphatic heterocycles. The van der Waals surface area contributed by atoms with E-state index < -0.39 is 0 Å². The molecule has 5 nitrogen and oxygen atoms in total. The third-order valence-electron chi connectivity index (χ3n) is 4.81. The number of carbonyl (C=O) groups is 2. The summed E-state index contributed by atoms with van der Waals surface area (Å²) in [5.74, 6) is 0.408. The first-order valence-corrected chi connectivity index (χ1v) is 8.41. The minimum absolute atomic E-state index is 0. The highest BCUT2D eigenvalue weighted by molar-refractivity contribution is 5.85. The first-order valence-electron chi connectivity index (χ1n) is 8.41. The molecule has 22 heavy (non-hydrogen) atoms. The van der Waals surface area contributed by atoms with E-state index in [0.717, 1.165) is 45.1 Å². The van der Waals surface area contributed by atoms with E-state index >= 15 is 0 Å². The molecule has 1 saturated carbocycles. The predicted molar refractivity (Wildman–Crippen MR) is 89.8 cm³/mol. The molecule has 1 saturated heterocycles. The van der Waals surface area contributed by atoms with Gasteiger partial charge in [0.2, 0.25) is 11.8 Å². The second-order valence-corrected chi connectivity index (χ2v) is 6.57. The topological polar surface area (TPSA) is 75.4 Å². The molecule has 0 aromatic carbocycles. The summed E-state index contributed by atoms with van der Waals surface area (Å²) in [5, 5.41) is 3.02. The normalized spacial score (nSPS) is 23.7. The van der Waals surface area contributed by atoms with Gasteiger partial charge in [-0.3, -0.25) is 9.59 Å². The third-order valence-corrected chi connectivity index (χ3v) is 4.81. The molecule has 6 heteroatoms. The van der Waals surface area contributed by atoms with E-state index in [4.69, 9.17) is 5.73 Å². The SMILES string of the molecule is CC(CC(=O)N1CCCC1CN)NC(=O)C1CCCCC1.Cl. The van der Waals surface area contributed by atoms with Crippen LogP contribution in [-0.4, -0.2) is 41.9 Å². The molecule has 0 radical (unpaired) electrons. The molecule has 1 aliphatic carbocycles. The quantitative estimate of drug-likeness (QED) is 0.807. The Kier molecular flexibility index (Phi) is 8.18. The Bertz CT molecular complexity index is 372. The molecule has 0 bridgehead atoms. The van der Waals surface area contributed by atoms with Crippen molar-refractivity contribution in [1.82, 2.24) is 10.2 Å². The number of hydrogen-bond acceptors (Lipinski definition) is 3. The minimum atomic E-state index is -0.0917.